The van der Waals surface area contributed by atoms with Crippen molar-refractivity contribution in [2.75, 3.05) is 20.8 Å². The number of halogens is 1. The van der Waals surface area contributed by atoms with Gasteiger partial charge < -0.3 is 14.4 Å². The van der Waals surface area contributed by atoms with Crippen LogP contribution >= 0.6 is 15.9 Å². The first kappa shape index (κ1) is 19.0. The minimum atomic E-state index is -0.558. The molecule has 0 fully saturated rings. The molecule has 1 atom stereocenters. The van der Waals surface area contributed by atoms with Gasteiger partial charge in [-0.1, -0.05) is 30.3 Å². The molecule has 0 unspecified atom stereocenters. The molecule has 0 saturated carbocycles. The molecule has 0 radical (unpaired) electrons. The summed E-state index contributed by atoms with van der Waals surface area (Å²) in [6.07, 6.45) is 0. The normalized spacial score (nSPS) is 11.5. The summed E-state index contributed by atoms with van der Waals surface area (Å²) in [5, 5.41) is 0. The highest BCUT2D eigenvalue weighted by Crippen LogP contribution is 2.26. The van der Waals surface area contributed by atoms with Gasteiger partial charge in [0, 0.05) is 7.05 Å². The van der Waals surface area contributed by atoms with Gasteiger partial charge in [-0.25, -0.2) is 4.79 Å². The fraction of sp³-hybridized carbons (Fsp3) is 0.263. The third-order valence-electron chi connectivity index (χ3n) is 3.97. The topological polar surface area (TPSA) is 55.8 Å². The lowest BCUT2D eigenvalue weighted by molar-refractivity contribution is -0.135. The molecule has 0 aliphatic heterocycles. The van der Waals surface area contributed by atoms with E-state index in [4.69, 9.17) is 9.47 Å². The maximum absolute atomic E-state index is 12.3. The summed E-state index contributed by atoms with van der Waals surface area (Å²) < 4.78 is 10.9. The van der Waals surface area contributed by atoms with Crippen LogP contribution in [0.4, 0.5) is 0 Å². The quantitative estimate of drug-likeness (QED) is 0.685. The first-order valence-corrected chi connectivity index (χ1v) is 8.54. The number of likely N-dealkylation sites (N-methyl/N-ethyl adjacent to an activating group) is 1. The van der Waals surface area contributed by atoms with Gasteiger partial charge in [-0.3, -0.25) is 4.79 Å². The number of rotatable bonds is 6. The number of benzene rings is 2. The van der Waals surface area contributed by atoms with Crippen molar-refractivity contribution in [1.82, 2.24) is 4.90 Å². The summed E-state index contributed by atoms with van der Waals surface area (Å²) in [6, 6.07) is 14.4. The summed E-state index contributed by atoms with van der Waals surface area (Å²) in [7, 11) is 3.23. The van der Waals surface area contributed by atoms with E-state index < -0.39 is 5.97 Å². The lowest BCUT2D eigenvalue weighted by Crippen LogP contribution is -2.33. The number of hydrogen-bond donors (Lipinski definition) is 0. The highest BCUT2D eigenvalue weighted by atomic mass is 79.9. The van der Waals surface area contributed by atoms with Crippen molar-refractivity contribution in [2.24, 2.45) is 0 Å². The van der Waals surface area contributed by atoms with Crippen LogP contribution in [0.15, 0.2) is 53.0 Å². The largest absolute Gasteiger partial charge is 0.496 e. The zero-order chi connectivity index (χ0) is 18.4. The Morgan fingerprint density at radius 1 is 1.16 bits per heavy atom. The van der Waals surface area contributed by atoms with E-state index in [0.29, 0.717) is 15.8 Å². The van der Waals surface area contributed by atoms with Gasteiger partial charge in [-0.15, -0.1) is 0 Å². The van der Waals surface area contributed by atoms with Crippen molar-refractivity contribution in [3.63, 3.8) is 0 Å². The third kappa shape index (κ3) is 4.82. The van der Waals surface area contributed by atoms with Gasteiger partial charge in [0.25, 0.3) is 5.91 Å². The second-order valence-electron chi connectivity index (χ2n) is 5.52. The van der Waals surface area contributed by atoms with E-state index in [-0.39, 0.29) is 18.6 Å². The number of amides is 1. The molecule has 0 bridgehead atoms. The lowest BCUT2D eigenvalue weighted by Gasteiger charge is -2.25. The molecule has 0 aromatic heterocycles. The smallest absolute Gasteiger partial charge is 0.338 e. The zero-order valence-corrected chi connectivity index (χ0v) is 15.9. The van der Waals surface area contributed by atoms with Gasteiger partial charge in [0.15, 0.2) is 6.61 Å². The molecule has 0 heterocycles. The van der Waals surface area contributed by atoms with E-state index >= 15 is 0 Å². The van der Waals surface area contributed by atoms with Crippen molar-refractivity contribution in [2.45, 2.75) is 13.0 Å². The van der Waals surface area contributed by atoms with Gasteiger partial charge in [-0.2, -0.15) is 0 Å². The molecule has 6 heteroatoms. The number of carbonyl (C=O) groups is 2. The van der Waals surface area contributed by atoms with Crippen LogP contribution in [-0.2, 0) is 9.53 Å². The average Bonchev–Trinajstić information content (AvgIpc) is 2.65. The summed E-state index contributed by atoms with van der Waals surface area (Å²) in [5.74, 6) is -0.209. The van der Waals surface area contributed by atoms with Crippen LogP contribution < -0.4 is 4.74 Å². The Hall–Kier alpha value is -2.34. The predicted octanol–water partition coefficient (Wildman–Crippen LogP) is 3.83. The van der Waals surface area contributed by atoms with Crippen LogP contribution in [-0.4, -0.2) is 37.5 Å². The number of hydrogen-bond acceptors (Lipinski definition) is 4. The Kier molecular flexibility index (Phi) is 6.58. The maximum Gasteiger partial charge on any atom is 0.338 e. The Morgan fingerprint density at radius 2 is 1.84 bits per heavy atom. The van der Waals surface area contributed by atoms with E-state index in [1.54, 1.807) is 37.3 Å². The second-order valence-corrected chi connectivity index (χ2v) is 6.37. The molecule has 0 aliphatic carbocycles. The van der Waals surface area contributed by atoms with E-state index in [1.807, 2.05) is 37.3 Å². The van der Waals surface area contributed by atoms with Crippen LogP contribution in [0.5, 0.6) is 5.75 Å². The van der Waals surface area contributed by atoms with Crippen LogP contribution in [0.25, 0.3) is 0 Å². The Balaban J connectivity index is 1.94. The molecule has 2 aromatic rings. The summed E-state index contributed by atoms with van der Waals surface area (Å²) in [4.78, 5) is 26.0. The van der Waals surface area contributed by atoms with Crippen molar-refractivity contribution in [3.8, 4) is 5.75 Å². The van der Waals surface area contributed by atoms with Crippen LogP contribution in [0, 0.1) is 0 Å². The van der Waals surface area contributed by atoms with E-state index in [9.17, 15) is 9.59 Å². The minimum Gasteiger partial charge on any atom is -0.496 e. The predicted molar refractivity (Wildman–Crippen MR) is 98.6 cm³/mol. The van der Waals surface area contributed by atoms with Gasteiger partial charge in [0.1, 0.15) is 5.75 Å². The molecule has 0 aliphatic rings. The number of carbonyl (C=O) groups excluding carboxylic acids is 2. The SMILES string of the molecule is COc1ccc(C(=O)OCC(=O)N(C)[C@H](C)c2ccccc2)cc1Br. The molecule has 5 nitrogen and oxygen atoms in total. The first-order valence-electron chi connectivity index (χ1n) is 7.75. The van der Waals surface area contributed by atoms with Crippen molar-refractivity contribution < 1.29 is 19.1 Å². The first-order chi connectivity index (χ1) is 11.9. The van der Waals surface area contributed by atoms with Gasteiger partial charge in [-0.05, 0) is 46.6 Å². The molecule has 1 amide bonds. The van der Waals surface area contributed by atoms with Crippen molar-refractivity contribution in [3.05, 3.63) is 64.1 Å². The van der Waals surface area contributed by atoms with Crippen LogP contribution in [0.1, 0.15) is 28.9 Å². The van der Waals surface area contributed by atoms with Crippen LogP contribution in [0.2, 0.25) is 0 Å². The maximum atomic E-state index is 12.3. The molecule has 0 N–H and O–H groups in total. The van der Waals surface area contributed by atoms with Gasteiger partial charge in [0.05, 0.1) is 23.2 Å². The minimum absolute atomic E-state index is 0.109. The monoisotopic (exact) mass is 405 g/mol. The molecule has 132 valence electrons. The number of ether oxygens (including phenoxy) is 2. The number of esters is 1. The highest BCUT2D eigenvalue weighted by Gasteiger charge is 2.19. The fourth-order valence-corrected chi connectivity index (χ4v) is 2.82. The standard InChI is InChI=1S/C19H20BrNO4/c1-13(14-7-5-4-6-8-14)21(2)18(22)12-25-19(23)15-9-10-17(24-3)16(20)11-15/h4-11,13H,12H2,1-3H3/t13-/m1/s1. The highest BCUT2D eigenvalue weighted by molar-refractivity contribution is 9.10. The van der Waals surface area contributed by atoms with E-state index in [2.05, 4.69) is 15.9 Å². The van der Waals surface area contributed by atoms with Gasteiger partial charge in [0.2, 0.25) is 0 Å². The molecule has 25 heavy (non-hydrogen) atoms. The molecular formula is C19H20BrNO4. The zero-order valence-electron chi connectivity index (χ0n) is 14.4. The average molecular weight is 406 g/mol. The van der Waals surface area contributed by atoms with Crippen molar-refractivity contribution >= 4 is 27.8 Å². The summed E-state index contributed by atoms with van der Waals surface area (Å²) in [5.41, 5.74) is 1.36. The molecule has 2 rings (SSSR count). The fourth-order valence-electron chi connectivity index (χ4n) is 2.28. The molecule has 0 saturated heterocycles. The third-order valence-corrected chi connectivity index (χ3v) is 4.59. The Morgan fingerprint density at radius 3 is 2.44 bits per heavy atom. The van der Waals surface area contributed by atoms with Gasteiger partial charge >= 0.3 is 5.97 Å². The second kappa shape index (κ2) is 8.67. The Bertz CT molecular complexity index is 748. The number of nitrogens with zero attached hydrogens (tertiary/aromatic N) is 1. The molecule has 0 spiro atoms. The van der Waals surface area contributed by atoms with E-state index in [0.717, 1.165) is 5.56 Å². The van der Waals surface area contributed by atoms with Crippen molar-refractivity contribution in [1.29, 1.82) is 0 Å². The lowest BCUT2D eigenvalue weighted by atomic mass is 10.1. The number of methoxy groups -OCH3 is 1. The molecule has 2 aromatic carbocycles. The van der Waals surface area contributed by atoms with Crippen LogP contribution in [0.3, 0.4) is 0 Å². The summed E-state index contributed by atoms with van der Waals surface area (Å²) >= 11 is 3.32. The van der Waals surface area contributed by atoms with E-state index in [1.165, 1.54) is 0 Å². The Labute approximate surface area is 155 Å². The molecular weight excluding hydrogens is 386 g/mol. The summed E-state index contributed by atoms with van der Waals surface area (Å²) in [6.45, 7) is 1.62.